The maximum absolute atomic E-state index is 13.0. The predicted molar refractivity (Wildman–Crippen MR) is 82.1 cm³/mol. The minimum Gasteiger partial charge on any atom is -0.398 e. The number of anilines is 1. The number of hydrogen-bond acceptors (Lipinski definition) is 3. The number of nitrogens with two attached hydrogens (primary N) is 1. The van der Waals surface area contributed by atoms with Gasteiger partial charge in [-0.05, 0) is 49.8 Å². The van der Waals surface area contributed by atoms with E-state index in [9.17, 15) is 8.42 Å². The molecule has 1 fully saturated rings. The molecule has 4 nitrogen and oxygen atoms in total. The standard InChI is InChI=1S/C15H24N2O2S/c1-10(2)14-6-5-9-17(14)20(18,19)15-12(4)11(3)7-8-13(15)16/h7-8,10,14H,5-6,9,16H2,1-4H3. The lowest BCUT2D eigenvalue weighted by Crippen LogP contribution is -2.39. The second kappa shape index (κ2) is 5.37. The highest BCUT2D eigenvalue weighted by Gasteiger charge is 2.38. The normalized spacial score (nSPS) is 20.8. The predicted octanol–water partition coefficient (Wildman–Crippen LogP) is 2.69. The van der Waals surface area contributed by atoms with Crippen LogP contribution in [0.15, 0.2) is 17.0 Å². The summed E-state index contributed by atoms with van der Waals surface area (Å²) < 4.78 is 27.6. The average molecular weight is 296 g/mol. The first-order valence-corrected chi connectivity index (χ1v) is 8.58. The van der Waals surface area contributed by atoms with Crippen molar-refractivity contribution in [2.45, 2.75) is 51.5 Å². The molecule has 1 aromatic carbocycles. The fraction of sp³-hybridized carbons (Fsp3) is 0.600. The Morgan fingerprint density at radius 2 is 1.95 bits per heavy atom. The summed E-state index contributed by atoms with van der Waals surface area (Å²) in [6, 6.07) is 3.64. The van der Waals surface area contributed by atoms with Gasteiger partial charge in [0.1, 0.15) is 4.90 Å². The molecule has 1 aliphatic rings. The molecule has 2 rings (SSSR count). The number of sulfonamides is 1. The second-order valence-corrected chi connectivity index (χ2v) is 7.82. The van der Waals surface area contributed by atoms with Gasteiger partial charge in [0.25, 0.3) is 0 Å². The largest absolute Gasteiger partial charge is 0.398 e. The Morgan fingerprint density at radius 3 is 2.55 bits per heavy atom. The van der Waals surface area contributed by atoms with Crippen molar-refractivity contribution in [1.82, 2.24) is 4.31 Å². The summed E-state index contributed by atoms with van der Waals surface area (Å²) in [5, 5.41) is 0. The molecule has 0 bridgehead atoms. The summed E-state index contributed by atoms with van der Waals surface area (Å²) in [5.74, 6) is 0.318. The molecule has 1 unspecified atom stereocenters. The van der Waals surface area contributed by atoms with E-state index in [4.69, 9.17) is 5.73 Å². The van der Waals surface area contributed by atoms with Crippen LogP contribution in [0.3, 0.4) is 0 Å². The van der Waals surface area contributed by atoms with Crippen LogP contribution in [-0.4, -0.2) is 25.3 Å². The number of nitrogen functional groups attached to an aromatic ring is 1. The smallest absolute Gasteiger partial charge is 0.245 e. The van der Waals surface area contributed by atoms with Gasteiger partial charge >= 0.3 is 0 Å². The topological polar surface area (TPSA) is 63.4 Å². The highest BCUT2D eigenvalue weighted by Crippen LogP contribution is 2.34. The molecular formula is C15H24N2O2S. The van der Waals surface area contributed by atoms with Gasteiger partial charge in [-0.1, -0.05) is 19.9 Å². The Labute approximate surface area is 122 Å². The lowest BCUT2D eigenvalue weighted by atomic mass is 10.0. The molecule has 1 aliphatic heterocycles. The number of hydrogen-bond donors (Lipinski definition) is 1. The Hall–Kier alpha value is -1.07. The third-order valence-corrected chi connectivity index (χ3v) is 6.42. The summed E-state index contributed by atoms with van der Waals surface area (Å²) in [4.78, 5) is 0.296. The van der Waals surface area contributed by atoms with Crippen LogP contribution in [0.5, 0.6) is 0 Å². The average Bonchev–Trinajstić information content (AvgIpc) is 2.84. The van der Waals surface area contributed by atoms with Crippen molar-refractivity contribution in [1.29, 1.82) is 0 Å². The number of nitrogens with zero attached hydrogens (tertiary/aromatic N) is 1. The molecule has 1 aromatic rings. The molecule has 1 saturated heterocycles. The Balaban J connectivity index is 2.54. The van der Waals surface area contributed by atoms with Gasteiger partial charge in [0.15, 0.2) is 0 Å². The van der Waals surface area contributed by atoms with Crippen molar-refractivity contribution >= 4 is 15.7 Å². The molecule has 1 heterocycles. The monoisotopic (exact) mass is 296 g/mol. The zero-order valence-electron chi connectivity index (χ0n) is 12.7. The fourth-order valence-corrected chi connectivity index (χ4v) is 5.22. The summed E-state index contributed by atoms with van der Waals surface area (Å²) in [6.45, 7) is 8.49. The van der Waals surface area contributed by atoms with Gasteiger partial charge in [0.2, 0.25) is 10.0 Å². The molecule has 0 aliphatic carbocycles. The Kier molecular flexibility index (Phi) is 4.12. The maximum atomic E-state index is 13.0. The van der Waals surface area contributed by atoms with Gasteiger partial charge in [-0.15, -0.1) is 0 Å². The summed E-state index contributed by atoms with van der Waals surface area (Å²) in [6.07, 6.45) is 1.86. The van der Waals surface area contributed by atoms with E-state index in [-0.39, 0.29) is 6.04 Å². The molecule has 0 amide bonds. The van der Waals surface area contributed by atoms with Crippen LogP contribution in [0, 0.1) is 19.8 Å². The van der Waals surface area contributed by atoms with Gasteiger partial charge in [-0.2, -0.15) is 4.31 Å². The van der Waals surface area contributed by atoms with Crippen LogP contribution in [0.1, 0.15) is 37.8 Å². The molecule has 0 saturated carbocycles. The Bertz CT molecular complexity index is 609. The van der Waals surface area contributed by atoms with E-state index in [0.717, 1.165) is 24.0 Å². The minimum absolute atomic E-state index is 0.0827. The molecule has 2 N–H and O–H groups in total. The van der Waals surface area contributed by atoms with Gasteiger partial charge in [-0.3, -0.25) is 0 Å². The van der Waals surface area contributed by atoms with Crippen LogP contribution in [-0.2, 0) is 10.0 Å². The zero-order valence-corrected chi connectivity index (χ0v) is 13.5. The first kappa shape index (κ1) is 15.3. The number of benzene rings is 1. The third kappa shape index (κ3) is 2.44. The van der Waals surface area contributed by atoms with Crippen molar-refractivity contribution in [3.63, 3.8) is 0 Å². The molecule has 112 valence electrons. The van der Waals surface area contributed by atoms with Gasteiger partial charge < -0.3 is 5.73 Å². The lowest BCUT2D eigenvalue weighted by Gasteiger charge is -2.28. The van der Waals surface area contributed by atoms with Crippen molar-refractivity contribution in [2.75, 3.05) is 12.3 Å². The summed E-state index contributed by atoms with van der Waals surface area (Å²) >= 11 is 0. The van der Waals surface area contributed by atoms with E-state index in [1.165, 1.54) is 0 Å². The highest BCUT2D eigenvalue weighted by molar-refractivity contribution is 7.89. The first-order valence-electron chi connectivity index (χ1n) is 7.14. The molecule has 0 aromatic heterocycles. The zero-order chi connectivity index (χ0) is 15.1. The molecule has 1 atom stereocenters. The second-order valence-electron chi connectivity index (χ2n) is 6.00. The van der Waals surface area contributed by atoms with Crippen molar-refractivity contribution in [3.05, 3.63) is 23.3 Å². The van der Waals surface area contributed by atoms with Crippen LogP contribution in [0.2, 0.25) is 0 Å². The van der Waals surface area contributed by atoms with E-state index in [2.05, 4.69) is 13.8 Å². The van der Waals surface area contributed by atoms with E-state index in [1.54, 1.807) is 10.4 Å². The van der Waals surface area contributed by atoms with Crippen LogP contribution in [0.25, 0.3) is 0 Å². The minimum atomic E-state index is -3.51. The molecule has 0 spiro atoms. The summed E-state index contributed by atoms with van der Waals surface area (Å²) in [5.41, 5.74) is 8.03. The van der Waals surface area contributed by atoms with E-state index >= 15 is 0 Å². The molecular weight excluding hydrogens is 272 g/mol. The van der Waals surface area contributed by atoms with E-state index < -0.39 is 10.0 Å². The van der Waals surface area contributed by atoms with Crippen molar-refractivity contribution < 1.29 is 8.42 Å². The van der Waals surface area contributed by atoms with E-state index in [0.29, 0.717) is 23.0 Å². The fourth-order valence-electron chi connectivity index (χ4n) is 3.00. The van der Waals surface area contributed by atoms with E-state index in [1.807, 2.05) is 19.9 Å². The van der Waals surface area contributed by atoms with Gasteiger partial charge in [0, 0.05) is 12.6 Å². The molecule has 0 radical (unpaired) electrons. The van der Waals surface area contributed by atoms with Crippen LogP contribution < -0.4 is 5.73 Å². The number of aryl methyl sites for hydroxylation is 1. The number of rotatable bonds is 3. The first-order chi connectivity index (χ1) is 9.26. The molecule has 20 heavy (non-hydrogen) atoms. The van der Waals surface area contributed by atoms with Gasteiger partial charge in [-0.25, -0.2) is 8.42 Å². The van der Waals surface area contributed by atoms with Gasteiger partial charge in [0.05, 0.1) is 5.69 Å². The SMILES string of the molecule is Cc1ccc(N)c(S(=O)(=O)N2CCCC2C(C)C)c1C. The highest BCUT2D eigenvalue weighted by atomic mass is 32.2. The lowest BCUT2D eigenvalue weighted by molar-refractivity contribution is 0.315. The van der Waals surface area contributed by atoms with Crippen molar-refractivity contribution in [2.24, 2.45) is 5.92 Å². The van der Waals surface area contributed by atoms with Crippen LogP contribution in [0.4, 0.5) is 5.69 Å². The Morgan fingerprint density at radius 1 is 1.30 bits per heavy atom. The third-order valence-electron chi connectivity index (χ3n) is 4.29. The quantitative estimate of drug-likeness (QED) is 0.872. The van der Waals surface area contributed by atoms with Crippen LogP contribution >= 0.6 is 0 Å². The summed E-state index contributed by atoms with van der Waals surface area (Å²) in [7, 11) is -3.51. The molecule has 5 heteroatoms. The maximum Gasteiger partial charge on any atom is 0.245 e. The van der Waals surface area contributed by atoms with Crippen molar-refractivity contribution in [3.8, 4) is 0 Å².